The van der Waals surface area contributed by atoms with E-state index < -0.39 is 0 Å². The number of aromatic nitrogens is 2. The number of nitrogens with zero attached hydrogens (tertiary/aromatic N) is 2. The predicted octanol–water partition coefficient (Wildman–Crippen LogP) is 1.17. The number of para-hydroxylation sites is 2. The first kappa shape index (κ1) is 19.1. The van der Waals surface area contributed by atoms with Crippen LogP contribution in [0.4, 0.5) is 0 Å². The van der Waals surface area contributed by atoms with E-state index in [9.17, 15) is 4.79 Å². The molecule has 0 amide bonds. The van der Waals surface area contributed by atoms with Crippen molar-refractivity contribution in [3.8, 4) is 0 Å². The van der Waals surface area contributed by atoms with E-state index in [4.69, 9.17) is 0 Å². The minimum absolute atomic E-state index is 0. The Balaban J connectivity index is 0.00000210. The highest BCUT2D eigenvalue weighted by Gasteiger charge is 2.18. The molecule has 0 N–H and O–H groups in total. The van der Waals surface area contributed by atoms with Crippen molar-refractivity contribution in [2.24, 2.45) is 0 Å². The van der Waals surface area contributed by atoms with Crippen LogP contribution in [0.2, 0.25) is 0 Å². The van der Waals surface area contributed by atoms with Gasteiger partial charge in [-0.2, -0.15) is 0 Å². The molecule has 0 aliphatic carbocycles. The lowest BCUT2D eigenvalue weighted by molar-refractivity contribution is -0.663. The van der Waals surface area contributed by atoms with Gasteiger partial charge in [0, 0.05) is 5.56 Å². The number of imidazole rings is 1. The lowest BCUT2D eigenvalue weighted by atomic mass is 10.1. The Morgan fingerprint density at radius 2 is 1.56 bits per heavy atom. The van der Waals surface area contributed by atoms with Crippen LogP contribution in [0, 0.1) is 6.92 Å². The maximum atomic E-state index is 12.7. The van der Waals surface area contributed by atoms with Crippen molar-refractivity contribution in [3.63, 3.8) is 0 Å². The van der Waals surface area contributed by atoms with Crippen LogP contribution in [-0.2, 0) is 13.1 Å². The smallest absolute Gasteiger partial charge is 0.245 e. The fourth-order valence-electron chi connectivity index (χ4n) is 3.26. The molecule has 0 bridgehead atoms. The van der Waals surface area contributed by atoms with Gasteiger partial charge in [-0.1, -0.05) is 72.3 Å². The first-order chi connectivity index (χ1) is 12.7. The molecule has 3 aromatic carbocycles. The van der Waals surface area contributed by atoms with Gasteiger partial charge >= 0.3 is 0 Å². The Morgan fingerprint density at radius 1 is 0.889 bits per heavy atom. The Bertz CT molecular complexity index is 1050. The zero-order chi connectivity index (χ0) is 17.9. The standard InChI is InChI=1S/C23H21N2O.BrH/c1-18-11-13-20(14-12-18)23(26)16-25-17-24(15-19-7-3-2-4-8-19)21-9-5-6-10-22(21)25;/h2-14,17H,15-16H2,1H3;1H/q+1;/p-1. The molecule has 136 valence electrons. The van der Waals surface area contributed by atoms with Crippen molar-refractivity contribution in [1.29, 1.82) is 0 Å². The van der Waals surface area contributed by atoms with Crippen molar-refractivity contribution in [1.82, 2.24) is 4.57 Å². The monoisotopic (exact) mass is 420 g/mol. The number of rotatable bonds is 5. The molecule has 3 nitrogen and oxygen atoms in total. The molecule has 0 spiro atoms. The van der Waals surface area contributed by atoms with Gasteiger partial charge in [-0.05, 0) is 24.6 Å². The average molecular weight is 421 g/mol. The number of carbonyl (C=O) groups is 1. The summed E-state index contributed by atoms with van der Waals surface area (Å²) in [6.07, 6.45) is 2.05. The molecule has 0 unspecified atom stereocenters. The number of halogens is 1. The first-order valence-electron chi connectivity index (χ1n) is 8.82. The average Bonchev–Trinajstić information content (AvgIpc) is 3.01. The Hall–Kier alpha value is -2.72. The molecule has 1 heterocycles. The molecule has 0 saturated carbocycles. The number of benzene rings is 3. The van der Waals surface area contributed by atoms with Gasteiger partial charge < -0.3 is 17.0 Å². The minimum Gasteiger partial charge on any atom is -1.00 e. The second-order valence-corrected chi connectivity index (χ2v) is 6.63. The van der Waals surface area contributed by atoms with Gasteiger partial charge in [0.25, 0.3) is 0 Å². The molecule has 27 heavy (non-hydrogen) atoms. The van der Waals surface area contributed by atoms with Gasteiger partial charge in [0.15, 0.2) is 17.6 Å². The number of fused-ring (bicyclic) bond motifs is 1. The van der Waals surface area contributed by atoms with Crippen LogP contribution in [0.25, 0.3) is 11.0 Å². The van der Waals surface area contributed by atoms with Gasteiger partial charge in [-0.15, -0.1) is 0 Å². The largest absolute Gasteiger partial charge is 1.00 e. The van der Waals surface area contributed by atoms with E-state index in [1.165, 1.54) is 5.56 Å². The van der Waals surface area contributed by atoms with Gasteiger partial charge in [0.1, 0.15) is 6.54 Å². The van der Waals surface area contributed by atoms with Gasteiger partial charge in [-0.3, -0.25) is 4.79 Å². The quantitative estimate of drug-likeness (QED) is 0.351. The summed E-state index contributed by atoms with van der Waals surface area (Å²) in [7, 11) is 0. The van der Waals surface area contributed by atoms with Crippen molar-refractivity contribution in [2.75, 3.05) is 0 Å². The van der Waals surface area contributed by atoms with Crippen LogP contribution in [0.15, 0.2) is 85.2 Å². The third kappa shape index (κ3) is 4.17. The van der Waals surface area contributed by atoms with Gasteiger partial charge in [0.2, 0.25) is 12.1 Å². The summed E-state index contributed by atoms with van der Waals surface area (Å²) >= 11 is 0. The summed E-state index contributed by atoms with van der Waals surface area (Å²) in [5.41, 5.74) is 5.36. The molecule has 4 aromatic rings. The maximum absolute atomic E-state index is 12.7. The molecular weight excluding hydrogens is 400 g/mol. The van der Waals surface area contributed by atoms with E-state index in [0.29, 0.717) is 6.54 Å². The van der Waals surface area contributed by atoms with Crippen molar-refractivity contribution in [3.05, 3.63) is 102 Å². The number of Topliss-reactive ketones (excluding diaryl/α,β-unsaturated/α-hetero) is 1. The number of carbonyl (C=O) groups excluding carboxylic acids is 1. The fraction of sp³-hybridized carbons (Fsp3) is 0.130. The Kier molecular flexibility index (Phi) is 5.87. The maximum Gasteiger partial charge on any atom is 0.245 e. The van der Waals surface area contributed by atoms with E-state index >= 15 is 0 Å². The molecular formula is C23H21BrN2O. The van der Waals surface area contributed by atoms with Gasteiger partial charge in [-0.25, -0.2) is 9.13 Å². The molecule has 4 rings (SSSR count). The molecule has 0 radical (unpaired) electrons. The molecule has 1 aromatic heterocycles. The number of ketones is 1. The third-order valence-electron chi connectivity index (χ3n) is 4.66. The normalized spacial score (nSPS) is 10.6. The predicted molar refractivity (Wildman–Crippen MR) is 103 cm³/mol. The van der Waals surface area contributed by atoms with Crippen LogP contribution in [0.1, 0.15) is 21.5 Å². The molecule has 0 saturated heterocycles. The van der Waals surface area contributed by atoms with Crippen LogP contribution >= 0.6 is 0 Å². The van der Waals surface area contributed by atoms with Crippen LogP contribution in [-0.4, -0.2) is 10.4 Å². The fourth-order valence-corrected chi connectivity index (χ4v) is 3.26. The molecule has 0 fully saturated rings. The van der Waals surface area contributed by atoms with Crippen LogP contribution < -0.4 is 21.5 Å². The number of hydrogen-bond acceptors (Lipinski definition) is 1. The number of aryl methyl sites for hydroxylation is 1. The summed E-state index contributed by atoms with van der Waals surface area (Å²) in [5, 5.41) is 0. The summed E-state index contributed by atoms with van der Waals surface area (Å²) in [5.74, 6) is 0.123. The second kappa shape index (κ2) is 8.31. The SMILES string of the molecule is Cc1ccc(C(=O)Cn2c[n+](Cc3ccccc3)c3ccccc32)cc1.[Br-]. The third-order valence-corrected chi connectivity index (χ3v) is 4.66. The van der Waals surface area contributed by atoms with E-state index in [1.54, 1.807) is 0 Å². The van der Waals surface area contributed by atoms with E-state index in [1.807, 2.05) is 60.3 Å². The van der Waals surface area contributed by atoms with E-state index in [0.717, 1.165) is 28.7 Å². The topological polar surface area (TPSA) is 25.9 Å². The van der Waals surface area contributed by atoms with Crippen molar-refractivity contribution in [2.45, 2.75) is 20.0 Å². The highest BCUT2D eigenvalue weighted by atomic mass is 79.9. The molecule has 4 heteroatoms. The lowest BCUT2D eigenvalue weighted by Crippen LogP contribution is -3.00. The highest BCUT2D eigenvalue weighted by Crippen LogP contribution is 2.13. The summed E-state index contributed by atoms with van der Waals surface area (Å²) in [4.78, 5) is 12.7. The summed E-state index contributed by atoms with van der Waals surface area (Å²) < 4.78 is 4.24. The van der Waals surface area contributed by atoms with Crippen molar-refractivity contribution >= 4 is 16.8 Å². The van der Waals surface area contributed by atoms with Gasteiger partial charge in [0.05, 0.1) is 0 Å². The first-order valence-corrected chi connectivity index (χ1v) is 8.82. The van der Waals surface area contributed by atoms with E-state index in [-0.39, 0.29) is 22.8 Å². The Morgan fingerprint density at radius 3 is 2.30 bits per heavy atom. The van der Waals surface area contributed by atoms with Crippen LogP contribution in [0.5, 0.6) is 0 Å². The highest BCUT2D eigenvalue weighted by molar-refractivity contribution is 5.96. The summed E-state index contributed by atoms with van der Waals surface area (Å²) in [6.45, 7) is 3.15. The molecule has 0 aliphatic rings. The van der Waals surface area contributed by atoms with Crippen LogP contribution in [0.3, 0.4) is 0 Å². The molecule has 0 atom stereocenters. The number of hydrogen-bond donors (Lipinski definition) is 0. The van der Waals surface area contributed by atoms with Crippen molar-refractivity contribution < 1.29 is 26.3 Å². The zero-order valence-electron chi connectivity index (χ0n) is 15.2. The lowest BCUT2D eigenvalue weighted by Gasteiger charge is -2.00. The zero-order valence-corrected chi connectivity index (χ0v) is 16.8. The second-order valence-electron chi connectivity index (χ2n) is 6.63. The minimum atomic E-state index is 0. The van der Waals surface area contributed by atoms with E-state index in [2.05, 4.69) is 41.0 Å². The Labute approximate surface area is 169 Å². The molecule has 0 aliphatic heterocycles. The summed E-state index contributed by atoms with van der Waals surface area (Å²) in [6, 6.07) is 26.4.